The number of carboxylic acid groups (broad SMARTS) is 1. The van der Waals surface area contributed by atoms with Crippen LogP contribution in [0.5, 0.6) is 0 Å². The van der Waals surface area contributed by atoms with Gasteiger partial charge in [0, 0.05) is 11.5 Å². The molecule has 0 rings (SSSR count). The molecule has 0 unspecified atom stereocenters. The first-order valence-electron chi connectivity index (χ1n) is 5.15. The molecule has 0 saturated carbocycles. The third kappa shape index (κ3) is 8.11. The monoisotopic (exact) mass is 218 g/mol. The van der Waals surface area contributed by atoms with Crippen molar-refractivity contribution < 1.29 is 9.90 Å². The number of hydrogen-bond acceptors (Lipinski definition) is 1. The highest BCUT2D eigenvalue weighted by Crippen LogP contribution is 2.10. The molecule has 0 atom stereocenters. The van der Waals surface area contributed by atoms with Crippen LogP contribution in [0.1, 0.15) is 44.9 Å². The van der Waals surface area contributed by atoms with Gasteiger partial charge in [-0.25, -0.2) is 4.79 Å². The molecule has 0 spiro atoms. The Hall–Kier alpha value is -0.500. The van der Waals surface area contributed by atoms with Crippen molar-refractivity contribution in [3.8, 4) is 0 Å². The van der Waals surface area contributed by atoms with Crippen LogP contribution in [0.2, 0.25) is 0 Å². The van der Waals surface area contributed by atoms with Crippen LogP contribution >= 0.6 is 11.6 Å². The second-order valence-corrected chi connectivity index (χ2v) is 3.85. The largest absolute Gasteiger partial charge is 0.478 e. The van der Waals surface area contributed by atoms with Gasteiger partial charge in [0.05, 0.1) is 0 Å². The minimum absolute atomic E-state index is 0.325. The normalized spacial score (nSPS) is 10.1. The highest BCUT2D eigenvalue weighted by Gasteiger charge is 2.02. The number of rotatable bonds is 9. The molecule has 3 heteroatoms. The fourth-order valence-corrected chi connectivity index (χ4v) is 1.44. The zero-order valence-corrected chi connectivity index (χ0v) is 9.35. The Morgan fingerprint density at radius 1 is 1.07 bits per heavy atom. The number of hydrogen-bond donors (Lipinski definition) is 1. The average molecular weight is 219 g/mol. The SMILES string of the molecule is C=C(CCCCCCCCCl)C(=O)O. The minimum Gasteiger partial charge on any atom is -0.478 e. The number of carboxylic acids is 1. The van der Waals surface area contributed by atoms with E-state index >= 15 is 0 Å². The van der Waals surface area contributed by atoms with Crippen LogP contribution in [-0.2, 0) is 4.79 Å². The summed E-state index contributed by atoms with van der Waals surface area (Å²) in [4.78, 5) is 10.4. The Balaban J connectivity index is 3.13. The summed E-state index contributed by atoms with van der Waals surface area (Å²) in [6.07, 6.45) is 7.29. The minimum atomic E-state index is -0.868. The van der Waals surface area contributed by atoms with Gasteiger partial charge in [-0.05, 0) is 19.3 Å². The Morgan fingerprint density at radius 2 is 1.57 bits per heavy atom. The molecule has 14 heavy (non-hydrogen) atoms. The van der Waals surface area contributed by atoms with Gasteiger partial charge in [-0.2, -0.15) is 0 Å². The molecule has 1 N–H and O–H groups in total. The van der Waals surface area contributed by atoms with Crippen molar-refractivity contribution >= 4 is 17.6 Å². The van der Waals surface area contributed by atoms with Gasteiger partial charge >= 0.3 is 5.97 Å². The van der Waals surface area contributed by atoms with Gasteiger partial charge in [0.2, 0.25) is 0 Å². The third-order valence-corrected chi connectivity index (χ3v) is 2.43. The van der Waals surface area contributed by atoms with Crippen LogP contribution in [0.3, 0.4) is 0 Å². The molecular formula is C11H19ClO2. The third-order valence-electron chi connectivity index (χ3n) is 2.16. The number of carbonyl (C=O) groups is 1. The van der Waals surface area contributed by atoms with E-state index in [0.29, 0.717) is 12.0 Å². The van der Waals surface area contributed by atoms with Gasteiger partial charge in [-0.3, -0.25) is 0 Å². The summed E-state index contributed by atoms with van der Waals surface area (Å²) < 4.78 is 0. The van der Waals surface area contributed by atoms with Crippen molar-refractivity contribution in [1.82, 2.24) is 0 Å². The molecule has 0 aromatic carbocycles. The molecule has 0 radical (unpaired) electrons. The van der Waals surface area contributed by atoms with Gasteiger partial charge in [0.1, 0.15) is 0 Å². The van der Waals surface area contributed by atoms with Gasteiger partial charge in [-0.15, -0.1) is 11.6 Å². The van der Waals surface area contributed by atoms with E-state index in [1.54, 1.807) is 0 Å². The quantitative estimate of drug-likeness (QED) is 0.365. The van der Waals surface area contributed by atoms with E-state index < -0.39 is 5.97 Å². The molecule has 0 aliphatic heterocycles. The summed E-state index contributed by atoms with van der Waals surface area (Å²) >= 11 is 5.54. The topological polar surface area (TPSA) is 37.3 Å². The van der Waals surface area contributed by atoms with Gasteiger partial charge in [-0.1, -0.05) is 32.3 Å². The van der Waals surface area contributed by atoms with E-state index in [0.717, 1.165) is 25.1 Å². The number of alkyl halides is 1. The van der Waals surface area contributed by atoms with E-state index in [1.807, 2.05) is 0 Å². The predicted molar refractivity (Wildman–Crippen MR) is 59.8 cm³/mol. The predicted octanol–water partition coefficient (Wildman–Crippen LogP) is 3.60. The van der Waals surface area contributed by atoms with Crippen molar-refractivity contribution in [2.24, 2.45) is 0 Å². The van der Waals surface area contributed by atoms with Crippen LogP contribution in [-0.4, -0.2) is 17.0 Å². The molecule has 0 fully saturated rings. The molecule has 0 bridgehead atoms. The van der Waals surface area contributed by atoms with Crippen LogP contribution in [0.4, 0.5) is 0 Å². The molecule has 0 aliphatic carbocycles. The maximum Gasteiger partial charge on any atom is 0.330 e. The standard InChI is InChI=1S/C11H19ClO2/c1-10(11(13)14)8-6-4-2-3-5-7-9-12/h1-9H2,(H,13,14). The van der Waals surface area contributed by atoms with E-state index in [2.05, 4.69) is 6.58 Å². The molecule has 0 heterocycles. The van der Waals surface area contributed by atoms with Gasteiger partial charge in [0.15, 0.2) is 0 Å². The summed E-state index contributed by atoms with van der Waals surface area (Å²) in [7, 11) is 0. The maximum absolute atomic E-state index is 10.4. The molecule has 0 aromatic heterocycles. The Kier molecular flexibility index (Phi) is 8.75. The summed E-state index contributed by atoms with van der Waals surface area (Å²) in [5, 5.41) is 8.54. The molecular weight excluding hydrogens is 200 g/mol. The van der Waals surface area contributed by atoms with Crippen molar-refractivity contribution in [3.63, 3.8) is 0 Å². The lowest BCUT2D eigenvalue weighted by Crippen LogP contribution is -1.98. The highest BCUT2D eigenvalue weighted by molar-refractivity contribution is 6.17. The van der Waals surface area contributed by atoms with Crippen LogP contribution < -0.4 is 0 Å². The van der Waals surface area contributed by atoms with Crippen molar-refractivity contribution in [3.05, 3.63) is 12.2 Å². The molecule has 0 aliphatic rings. The zero-order chi connectivity index (χ0) is 10.8. The summed E-state index contributed by atoms with van der Waals surface area (Å²) in [6.45, 7) is 3.48. The summed E-state index contributed by atoms with van der Waals surface area (Å²) in [6, 6.07) is 0. The smallest absolute Gasteiger partial charge is 0.330 e. The number of halogens is 1. The average Bonchev–Trinajstić information content (AvgIpc) is 2.16. The van der Waals surface area contributed by atoms with Crippen LogP contribution in [0.15, 0.2) is 12.2 Å². The Morgan fingerprint density at radius 3 is 2.07 bits per heavy atom. The fraction of sp³-hybridized carbons (Fsp3) is 0.727. The van der Waals surface area contributed by atoms with Crippen LogP contribution in [0, 0.1) is 0 Å². The Bertz CT molecular complexity index is 178. The lowest BCUT2D eigenvalue weighted by atomic mass is 10.1. The van der Waals surface area contributed by atoms with E-state index in [9.17, 15) is 4.79 Å². The molecule has 0 amide bonds. The first-order valence-corrected chi connectivity index (χ1v) is 5.69. The molecule has 0 saturated heterocycles. The first-order chi connectivity index (χ1) is 6.68. The maximum atomic E-state index is 10.4. The number of aliphatic carboxylic acids is 1. The van der Waals surface area contributed by atoms with E-state index in [1.165, 1.54) is 19.3 Å². The second-order valence-electron chi connectivity index (χ2n) is 3.47. The van der Waals surface area contributed by atoms with Crippen molar-refractivity contribution in [1.29, 1.82) is 0 Å². The number of unbranched alkanes of at least 4 members (excludes halogenated alkanes) is 5. The van der Waals surface area contributed by atoms with E-state index in [-0.39, 0.29) is 0 Å². The summed E-state index contributed by atoms with van der Waals surface area (Å²) in [5.41, 5.74) is 0.325. The van der Waals surface area contributed by atoms with Gasteiger partial charge in [0.25, 0.3) is 0 Å². The first kappa shape index (κ1) is 13.5. The molecule has 0 aromatic rings. The fourth-order valence-electron chi connectivity index (χ4n) is 1.25. The van der Waals surface area contributed by atoms with E-state index in [4.69, 9.17) is 16.7 Å². The Labute approximate surface area is 91.0 Å². The van der Waals surface area contributed by atoms with Crippen LogP contribution in [0.25, 0.3) is 0 Å². The molecule has 2 nitrogen and oxygen atoms in total. The second kappa shape index (κ2) is 9.07. The van der Waals surface area contributed by atoms with Gasteiger partial charge < -0.3 is 5.11 Å². The lowest BCUT2D eigenvalue weighted by Gasteiger charge is -2.01. The molecule has 82 valence electrons. The van der Waals surface area contributed by atoms with Crippen molar-refractivity contribution in [2.45, 2.75) is 44.9 Å². The lowest BCUT2D eigenvalue weighted by molar-refractivity contribution is -0.132. The summed E-state index contributed by atoms with van der Waals surface area (Å²) in [5.74, 6) is -0.123. The highest BCUT2D eigenvalue weighted by atomic mass is 35.5. The zero-order valence-electron chi connectivity index (χ0n) is 8.60. The van der Waals surface area contributed by atoms with Crippen molar-refractivity contribution in [2.75, 3.05) is 5.88 Å².